The monoisotopic (exact) mass is 785 g/mol. The first-order chi connectivity index (χ1) is 26.0. The van der Waals surface area contributed by atoms with Crippen molar-refractivity contribution in [2.75, 3.05) is 40.9 Å². The molecule has 0 spiro atoms. The lowest BCUT2D eigenvalue weighted by molar-refractivity contribution is -0.870. The van der Waals surface area contributed by atoms with Gasteiger partial charge in [0.1, 0.15) is 13.2 Å². The molecule has 320 valence electrons. The summed E-state index contributed by atoms with van der Waals surface area (Å²) in [6.07, 6.45) is 43.7. The van der Waals surface area contributed by atoms with E-state index in [2.05, 4.69) is 31.3 Å². The molecule has 0 aromatic rings. The first-order valence-electron chi connectivity index (χ1n) is 22.7. The van der Waals surface area contributed by atoms with Crippen molar-refractivity contribution >= 4 is 13.7 Å². The molecule has 0 aromatic heterocycles. The minimum absolute atomic E-state index is 0.00439. The van der Waals surface area contributed by atoms with Crippen LogP contribution < -0.4 is 10.2 Å². The normalized spacial score (nSPS) is 14.6. The Morgan fingerprint density at radius 3 is 1.50 bits per heavy atom. The zero-order valence-electron chi connectivity index (χ0n) is 36.2. The van der Waals surface area contributed by atoms with Crippen LogP contribution in [-0.2, 0) is 18.4 Å². The molecule has 3 atom stereocenters. The number of phosphoric acid groups is 1. The molecule has 1 amide bonds. The van der Waals surface area contributed by atoms with Crippen molar-refractivity contribution < 1.29 is 32.9 Å². The molecule has 0 aromatic carbocycles. The number of hydrogen-bond acceptors (Lipinski definition) is 6. The van der Waals surface area contributed by atoms with Crippen molar-refractivity contribution in [3.63, 3.8) is 0 Å². The van der Waals surface area contributed by atoms with Crippen LogP contribution in [-0.4, -0.2) is 68.5 Å². The second-order valence-corrected chi connectivity index (χ2v) is 18.2. The molecule has 0 radical (unpaired) electrons. The number of hydrogen-bond donors (Lipinski definition) is 2. The van der Waals surface area contributed by atoms with E-state index in [1.54, 1.807) is 6.08 Å². The van der Waals surface area contributed by atoms with Gasteiger partial charge in [-0.2, -0.15) is 0 Å². The molecule has 0 heterocycles. The molecule has 0 bridgehead atoms. The predicted octanol–water partition coefficient (Wildman–Crippen LogP) is 11.9. The highest BCUT2D eigenvalue weighted by Gasteiger charge is 2.23. The number of nitrogens with one attached hydrogen (secondary N) is 1. The fourth-order valence-electron chi connectivity index (χ4n) is 6.52. The fraction of sp³-hybridized carbons (Fsp3) is 0.889. The maximum Gasteiger partial charge on any atom is 0.268 e. The number of quaternary nitrogens is 1. The molecule has 0 saturated heterocycles. The van der Waals surface area contributed by atoms with E-state index in [0.29, 0.717) is 17.4 Å². The molecule has 0 aliphatic carbocycles. The van der Waals surface area contributed by atoms with Crippen LogP contribution in [0.3, 0.4) is 0 Å². The standard InChI is InChI=1S/C45H89N2O6P/c1-6-8-10-12-14-16-18-20-21-22-23-24-25-26-27-29-31-33-35-37-39-45(49)46-43(42-53-54(50,51)52-41-40-47(3,4)5)44(48)38-36-34-32-30-28-19-17-15-13-11-9-7-2/h28,30,36,38,43-44,48H,6-27,29,31-35,37,39-42H2,1-5H3,(H-,46,49,50,51)/b30-28+,38-36+. The number of rotatable bonds is 41. The molecule has 8 nitrogen and oxygen atoms in total. The largest absolute Gasteiger partial charge is 0.756 e. The molecule has 0 rings (SSSR count). The first kappa shape index (κ1) is 53.0. The first-order valence-corrected chi connectivity index (χ1v) is 24.2. The Morgan fingerprint density at radius 2 is 1.04 bits per heavy atom. The highest BCUT2D eigenvalue weighted by atomic mass is 31.2. The summed E-state index contributed by atoms with van der Waals surface area (Å²) in [4.78, 5) is 25.3. The highest BCUT2D eigenvalue weighted by molar-refractivity contribution is 7.45. The van der Waals surface area contributed by atoms with Gasteiger partial charge in [0.25, 0.3) is 7.82 Å². The van der Waals surface area contributed by atoms with Gasteiger partial charge in [0, 0.05) is 6.42 Å². The molecule has 54 heavy (non-hydrogen) atoms. The van der Waals surface area contributed by atoms with E-state index >= 15 is 0 Å². The predicted molar refractivity (Wildman–Crippen MR) is 228 cm³/mol. The van der Waals surface area contributed by atoms with E-state index in [1.165, 1.54) is 148 Å². The Hall–Kier alpha value is -1.02. The third kappa shape index (κ3) is 39.2. The van der Waals surface area contributed by atoms with Gasteiger partial charge in [-0.25, -0.2) is 0 Å². The van der Waals surface area contributed by atoms with Crippen LogP contribution in [0.4, 0.5) is 0 Å². The molecule has 0 aliphatic heterocycles. The Balaban J connectivity index is 4.33. The van der Waals surface area contributed by atoms with E-state index in [9.17, 15) is 19.4 Å². The van der Waals surface area contributed by atoms with Gasteiger partial charge in [0.15, 0.2) is 0 Å². The number of aliphatic hydroxyl groups is 1. The van der Waals surface area contributed by atoms with Gasteiger partial charge in [-0.15, -0.1) is 0 Å². The average Bonchev–Trinajstić information content (AvgIpc) is 3.12. The van der Waals surface area contributed by atoms with Crippen LogP contribution in [0, 0.1) is 0 Å². The number of nitrogens with zero attached hydrogens (tertiary/aromatic N) is 1. The van der Waals surface area contributed by atoms with Crippen molar-refractivity contribution in [3.05, 3.63) is 24.3 Å². The Morgan fingerprint density at radius 1 is 0.630 bits per heavy atom. The molecule has 0 saturated carbocycles. The van der Waals surface area contributed by atoms with Gasteiger partial charge in [0.2, 0.25) is 5.91 Å². The SMILES string of the molecule is CCCCCCCC/C=C/CC/C=C/C(O)C(COP(=O)([O-])OCC[N+](C)(C)C)NC(=O)CCCCCCCCCCCCCCCCCCCCCC. The number of likely N-dealkylation sites (N-methyl/N-ethyl adjacent to an activating group) is 1. The van der Waals surface area contributed by atoms with Crippen LogP contribution in [0.1, 0.15) is 206 Å². The summed E-state index contributed by atoms with van der Waals surface area (Å²) in [6.45, 7) is 4.62. The summed E-state index contributed by atoms with van der Waals surface area (Å²) in [5, 5.41) is 13.7. The van der Waals surface area contributed by atoms with E-state index in [-0.39, 0.29) is 19.1 Å². The summed E-state index contributed by atoms with van der Waals surface area (Å²) < 4.78 is 23.2. The Labute approximate surface area is 334 Å². The minimum atomic E-state index is -4.59. The van der Waals surface area contributed by atoms with E-state index in [0.717, 1.165) is 38.5 Å². The van der Waals surface area contributed by atoms with Crippen molar-refractivity contribution in [1.82, 2.24) is 5.32 Å². The average molecular weight is 785 g/mol. The van der Waals surface area contributed by atoms with Crippen LogP contribution >= 0.6 is 7.82 Å². The van der Waals surface area contributed by atoms with Crippen molar-refractivity contribution in [2.24, 2.45) is 0 Å². The van der Waals surface area contributed by atoms with Crippen LogP contribution in [0.2, 0.25) is 0 Å². The maximum atomic E-state index is 12.8. The van der Waals surface area contributed by atoms with Gasteiger partial charge in [-0.1, -0.05) is 192 Å². The van der Waals surface area contributed by atoms with Crippen molar-refractivity contribution in [1.29, 1.82) is 0 Å². The second-order valence-electron chi connectivity index (χ2n) is 16.8. The van der Waals surface area contributed by atoms with Gasteiger partial charge >= 0.3 is 0 Å². The van der Waals surface area contributed by atoms with Crippen molar-refractivity contribution in [2.45, 2.75) is 219 Å². The van der Waals surface area contributed by atoms with E-state index in [1.807, 2.05) is 27.2 Å². The summed E-state index contributed by atoms with van der Waals surface area (Å²) >= 11 is 0. The van der Waals surface area contributed by atoms with Crippen LogP contribution in [0.15, 0.2) is 24.3 Å². The number of amides is 1. The summed E-state index contributed by atoms with van der Waals surface area (Å²) in [7, 11) is 1.25. The number of carbonyl (C=O) groups excluding carboxylic acids is 1. The topological polar surface area (TPSA) is 108 Å². The lowest BCUT2D eigenvalue weighted by Gasteiger charge is -2.29. The number of phosphoric ester groups is 1. The number of allylic oxidation sites excluding steroid dienone is 3. The van der Waals surface area contributed by atoms with Gasteiger partial charge in [-0.05, 0) is 32.1 Å². The Kier molecular flexibility index (Phi) is 36.8. The molecule has 0 fully saturated rings. The van der Waals surface area contributed by atoms with Crippen molar-refractivity contribution in [3.8, 4) is 0 Å². The quantitative estimate of drug-likeness (QED) is 0.0277. The number of unbranched alkanes of at least 4 members (excludes halogenated alkanes) is 26. The maximum absolute atomic E-state index is 12.8. The highest BCUT2D eigenvalue weighted by Crippen LogP contribution is 2.38. The smallest absolute Gasteiger partial charge is 0.268 e. The number of aliphatic hydroxyl groups excluding tert-OH is 1. The van der Waals surface area contributed by atoms with Gasteiger partial charge in [0.05, 0.1) is 39.9 Å². The molecular formula is C45H89N2O6P. The summed E-state index contributed by atoms with van der Waals surface area (Å²) in [6, 6.07) is -0.897. The fourth-order valence-corrected chi connectivity index (χ4v) is 7.24. The lowest BCUT2D eigenvalue weighted by atomic mass is 10.0. The zero-order chi connectivity index (χ0) is 40.0. The molecule has 2 N–H and O–H groups in total. The van der Waals surface area contributed by atoms with Gasteiger partial charge in [-0.3, -0.25) is 9.36 Å². The molecule has 0 aliphatic rings. The lowest BCUT2D eigenvalue weighted by Crippen LogP contribution is -2.45. The third-order valence-corrected chi connectivity index (χ3v) is 11.1. The molecule has 9 heteroatoms. The number of carbonyl (C=O) groups is 1. The summed E-state index contributed by atoms with van der Waals surface area (Å²) in [5.41, 5.74) is 0. The second kappa shape index (κ2) is 37.6. The van der Waals surface area contributed by atoms with Crippen LogP contribution in [0.5, 0.6) is 0 Å². The third-order valence-electron chi connectivity index (χ3n) is 10.2. The van der Waals surface area contributed by atoms with E-state index in [4.69, 9.17) is 9.05 Å². The zero-order valence-corrected chi connectivity index (χ0v) is 37.1. The van der Waals surface area contributed by atoms with Gasteiger partial charge < -0.3 is 28.8 Å². The minimum Gasteiger partial charge on any atom is -0.756 e. The Bertz CT molecular complexity index is 938. The molecule has 3 unspecified atom stereocenters. The van der Waals surface area contributed by atoms with Crippen LogP contribution in [0.25, 0.3) is 0 Å². The molecular weight excluding hydrogens is 695 g/mol. The van der Waals surface area contributed by atoms with E-state index < -0.39 is 20.0 Å². The summed E-state index contributed by atoms with van der Waals surface area (Å²) in [5.74, 6) is -0.206.